The summed E-state index contributed by atoms with van der Waals surface area (Å²) in [5, 5.41) is 2.39. The molecule has 1 atom stereocenters. The van der Waals surface area contributed by atoms with Gasteiger partial charge in [-0.2, -0.15) is 0 Å². The number of hydrogen-bond acceptors (Lipinski definition) is 5. The van der Waals surface area contributed by atoms with Gasteiger partial charge in [-0.05, 0) is 18.2 Å². The molecule has 1 rings (SSSR count). The molecule has 20 heavy (non-hydrogen) atoms. The Hall–Kier alpha value is -1.60. The highest BCUT2D eigenvalue weighted by Gasteiger charge is 2.12. The number of nitrogens with zero attached hydrogens (tertiary/aromatic N) is 1. The van der Waals surface area contributed by atoms with E-state index in [1.54, 1.807) is 12.3 Å². The molecule has 0 aromatic heterocycles. The molecule has 0 aliphatic rings. The van der Waals surface area contributed by atoms with E-state index in [2.05, 4.69) is 5.32 Å². The molecule has 0 fully saturated rings. The van der Waals surface area contributed by atoms with Gasteiger partial charge in [0.1, 0.15) is 12.4 Å². The largest absolute Gasteiger partial charge is 0.616 e. The Kier molecular flexibility index (Phi) is 6.47. The summed E-state index contributed by atoms with van der Waals surface area (Å²) in [6.45, 7) is 0.815. The van der Waals surface area contributed by atoms with Gasteiger partial charge < -0.3 is 25.2 Å². The average molecular weight is 299 g/mol. The summed E-state index contributed by atoms with van der Waals surface area (Å²) in [5.41, 5.74) is 8.27. The lowest BCUT2D eigenvalue weighted by molar-refractivity contribution is 0.151. The van der Waals surface area contributed by atoms with Gasteiger partial charge in [0.2, 0.25) is 0 Å². The van der Waals surface area contributed by atoms with Crippen LogP contribution in [0.15, 0.2) is 18.2 Å². The number of anilines is 2. The standard InChI is InChI=1S/C13H21N3O3S/c1-15-13(17)19-7-6-16(2)12-5-4-11(14)8-10(12)9-20(3)18/h4-5,8H,6-7,9,14H2,1-3H3,(H,15,17). The first-order valence-corrected chi connectivity index (χ1v) is 7.91. The lowest BCUT2D eigenvalue weighted by Gasteiger charge is -2.22. The van der Waals surface area contributed by atoms with E-state index in [-0.39, 0.29) is 6.61 Å². The predicted octanol–water partition coefficient (Wildman–Crippen LogP) is 0.939. The lowest BCUT2D eigenvalue weighted by atomic mass is 10.1. The molecule has 0 saturated heterocycles. The molecular formula is C13H21N3O3S. The molecule has 112 valence electrons. The third-order valence-electron chi connectivity index (χ3n) is 2.74. The van der Waals surface area contributed by atoms with Crippen LogP contribution in [-0.4, -0.2) is 44.1 Å². The molecule has 0 aliphatic heterocycles. The highest BCUT2D eigenvalue weighted by Crippen LogP contribution is 2.24. The Balaban J connectivity index is 2.71. The molecule has 0 aliphatic carbocycles. The van der Waals surface area contributed by atoms with E-state index in [0.29, 0.717) is 18.0 Å². The minimum absolute atomic E-state index is 0.273. The summed E-state index contributed by atoms with van der Waals surface area (Å²) in [5.74, 6) is 0.445. The highest BCUT2D eigenvalue weighted by atomic mass is 32.2. The Morgan fingerprint density at radius 2 is 2.25 bits per heavy atom. The van der Waals surface area contributed by atoms with E-state index >= 15 is 0 Å². The van der Waals surface area contributed by atoms with Crippen molar-refractivity contribution in [1.29, 1.82) is 0 Å². The van der Waals surface area contributed by atoms with Crippen LogP contribution in [0.2, 0.25) is 0 Å². The smallest absolute Gasteiger partial charge is 0.406 e. The average Bonchev–Trinajstić information content (AvgIpc) is 2.37. The van der Waals surface area contributed by atoms with Crippen molar-refractivity contribution in [2.24, 2.45) is 0 Å². The molecule has 0 bridgehead atoms. The number of hydrogen-bond donors (Lipinski definition) is 2. The number of nitrogens with one attached hydrogen (secondary N) is 1. The second-order valence-electron chi connectivity index (χ2n) is 4.41. The molecule has 6 nitrogen and oxygen atoms in total. The molecule has 1 amide bonds. The minimum Gasteiger partial charge on any atom is -0.616 e. The number of benzene rings is 1. The molecule has 1 unspecified atom stereocenters. The van der Waals surface area contributed by atoms with Crippen LogP contribution in [0, 0.1) is 0 Å². The molecule has 1 aromatic rings. The number of likely N-dealkylation sites (N-methyl/N-ethyl adjacent to an activating group) is 1. The van der Waals surface area contributed by atoms with Crippen molar-refractivity contribution in [3.05, 3.63) is 23.8 Å². The third-order valence-corrected chi connectivity index (χ3v) is 3.46. The maximum atomic E-state index is 11.4. The summed E-state index contributed by atoms with van der Waals surface area (Å²) < 4.78 is 16.4. The Bertz CT molecular complexity index is 454. The predicted molar refractivity (Wildman–Crippen MR) is 82.3 cm³/mol. The topological polar surface area (TPSA) is 90.7 Å². The first kappa shape index (κ1) is 16.5. The van der Waals surface area contributed by atoms with E-state index in [9.17, 15) is 9.35 Å². The van der Waals surface area contributed by atoms with Crippen molar-refractivity contribution in [3.63, 3.8) is 0 Å². The van der Waals surface area contributed by atoms with Gasteiger partial charge >= 0.3 is 6.09 Å². The third kappa shape index (κ3) is 5.18. The van der Waals surface area contributed by atoms with E-state index in [4.69, 9.17) is 10.5 Å². The molecule has 0 saturated carbocycles. The Labute approximate surface area is 122 Å². The van der Waals surface area contributed by atoms with Gasteiger partial charge in [0.15, 0.2) is 0 Å². The number of carbonyl (C=O) groups is 1. The second-order valence-corrected chi connectivity index (χ2v) is 5.85. The molecule has 7 heteroatoms. The van der Waals surface area contributed by atoms with Crippen molar-refractivity contribution in [3.8, 4) is 0 Å². The fourth-order valence-corrected chi connectivity index (χ4v) is 2.45. The fourth-order valence-electron chi connectivity index (χ4n) is 1.78. The van der Waals surface area contributed by atoms with Crippen LogP contribution in [0.3, 0.4) is 0 Å². The number of alkyl carbamates (subject to hydrolysis) is 1. The van der Waals surface area contributed by atoms with Crippen LogP contribution in [0.4, 0.5) is 16.2 Å². The fraction of sp³-hybridized carbons (Fsp3) is 0.462. The van der Waals surface area contributed by atoms with Crippen LogP contribution >= 0.6 is 0 Å². The summed E-state index contributed by atoms with van der Waals surface area (Å²) in [6.07, 6.45) is 1.20. The monoisotopic (exact) mass is 299 g/mol. The van der Waals surface area contributed by atoms with Crippen molar-refractivity contribution < 1.29 is 14.1 Å². The summed E-state index contributed by atoms with van der Waals surface area (Å²) in [4.78, 5) is 12.9. The number of ether oxygens (including phenoxy) is 1. The van der Waals surface area contributed by atoms with Gasteiger partial charge in [-0.15, -0.1) is 0 Å². The van der Waals surface area contributed by atoms with Crippen LogP contribution in [0.1, 0.15) is 5.56 Å². The molecule has 0 spiro atoms. The van der Waals surface area contributed by atoms with E-state index < -0.39 is 17.3 Å². The number of carbonyl (C=O) groups excluding carboxylic acids is 1. The lowest BCUT2D eigenvalue weighted by Crippen LogP contribution is -2.28. The normalized spacial score (nSPS) is 11.8. The number of nitrogen functional groups attached to an aromatic ring is 1. The van der Waals surface area contributed by atoms with Crippen LogP contribution in [0.25, 0.3) is 0 Å². The summed E-state index contributed by atoms with van der Waals surface area (Å²) >= 11 is -0.944. The van der Waals surface area contributed by atoms with Crippen molar-refractivity contribution >= 4 is 28.6 Å². The molecule has 0 radical (unpaired) electrons. The molecule has 0 heterocycles. The maximum absolute atomic E-state index is 11.4. The van der Waals surface area contributed by atoms with Gasteiger partial charge in [-0.1, -0.05) is 11.2 Å². The van der Waals surface area contributed by atoms with Crippen molar-refractivity contribution in [1.82, 2.24) is 5.32 Å². The van der Waals surface area contributed by atoms with E-state index in [1.807, 2.05) is 24.1 Å². The van der Waals surface area contributed by atoms with E-state index in [0.717, 1.165) is 11.3 Å². The van der Waals surface area contributed by atoms with Crippen LogP contribution < -0.4 is 16.0 Å². The van der Waals surface area contributed by atoms with Gasteiger partial charge in [0.05, 0.1) is 12.8 Å². The molecule has 3 N–H and O–H groups in total. The Morgan fingerprint density at radius 3 is 2.85 bits per heavy atom. The van der Waals surface area contributed by atoms with Gasteiger partial charge in [-0.25, -0.2) is 4.79 Å². The second kappa shape index (κ2) is 7.86. The quantitative estimate of drug-likeness (QED) is 0.602. The first-order valence-electron chi connectivity index (χ1n) is 6.18. The number of nitrogens with two attached hydrogens (primary N) is 1. The van der Waals surface area contributed by atoms with Gasteiger partial charge in [0, 0.05) is 31.0 Å². The number of rotatable bonds is 6. The minimum atomic E-state index is -0.944. The molecule has 1 aromatic carbocycles. The van der Waals surface area contributed by atoms with Crippen LogP contribution in [-0.2, 0) is 21.7 Å². The molecular weight excluding hydrogens is 278 g/mol. The van der Waals surface area contributed by atoms with Crippen LogP contribution in [0.5, 0.6) is 0 Å². The summed E-state index contributed by atoms with van der Waals surface area (Å²) in [7, 11) is 3.40. The Morgan fingerprint density at radius 1 is 1.55 bits per heavy atom. The van der Waals surface area contributed by atoms with E-state index in [1.165, 1.54) is 7.05 Å². The highest BCUT2D eigenvalue weighted by molar-refractivity contribution is 7.89. The van der Waals surface area contributed by atoms with Gasteiger partial charge in [0.25, 0.3) is 0 Å². The number of amides is 1. The summed E-state index contributed by atoms with van der Waals surface area (Å²) in [6, 6.07) is 5.51. The maximum Gasteiger partial charge on any atom is 0.406 e. The SMILES string of the molecule is CNC(=O)OCCN(C)c1ccc(N)cc1C[S+](C)[O-]. The zero-order chi connectivity index (χ0) is 15.1. The zero-order valence-corrected chi connectivity index (χ0v) is 12.8. The van der Waals surface area contributed by atoms with Crippen molar-refractivity contribution in [2.75, 3.05) is 44.1 Å². The first-order chi connectivity index (χ1) is 9.43. The van der Waals surface area contributed by atoms with Gasteiger partial charge in [-0.3, -0.25) is 0 Å². The zero-order valence-electron chi connectivity index (χ0n) is 12.0. The van der Waals surface area contributed by atoms with Crippen molar-refractivity contribution in [2.45, 2.75) is 5.75 Å².